The molecule has 2 atom stereocenters. The van der Waals surface area contributed by atoms with E-state index in [1.54, 1.807) is 0 Å². The summed E-state index contributed by atoms with van der Waals surface area (Å²) < 4.78 is 6.34. The van der Waals surface area contributed by atoms with Crippen LogP contribution in [0.2, 0.25) is 5.82 Å². The number of rotatable bonds is 10. The average Bonchev–Trinajstić information content (AvgIpc) is 4.05. The van der Waals surface area contributed by atoms with E-state index in [2.05, 4.69) is 80.9 Å². The molecule has 0 saturated heterocycles. The summed E-state index contributed by atoms with van der Waals surface area (Å²) in [6.45, 7) is 8.27. The molecule has 0 spiro atoms. The molecule has 0 amide bonds. The molecule has 0 saturated carbocycles. The van der Waals surface area contributed by atoms with E-state index < -0.39 is 16.6 Å². The highest BCUT2D eigenvalue weighted by Gasteiger charge is 2.50. The van der Waals surface area contributed by atoms with Gasteiger partial charge in [0.25, 0.3) is 0 Å². The van der Waals surface area contributed by atoms with Gasteiger partial charge in [0, 0.05) is 38.7 Å². The highest BCUT2D eigenvalue weighted by molar-refractivity contribution is 6.65. The van der Waals surface area contributed by atoms with Crippen LogP contribution < -0.4 is 37.7 Å². The molecule has 1 aromatic heterocycles. The van der Waals surface area contributed by atoms with E-state index in [4.69, 9.17) is 121 Å². The third-order valence-corrected chi connectivity index (χ3v) is 15.2. The van der Waals surface area contributed by atoms with Gasteiger partial charge in [-0.25, -0.2) is 0 Å². The summed E-state index contributed by atoms with van der Waals surface area (Å²) in [4.78, 5) is 2.04. The number of allylic oxidation sites excluding steroid dienone is 7. The van der Waals surface area contributed by atoms with Crippen LogP contribution in [0.25, 0.3) is 55.3 Å². The first-order valence-electron chi connectivity index (χ1n) is 23.6. The lowest BCUT2D eigenvalue weighted by Crippen LogP contribution is -2.52. The maximum atomic E-state index is 7.52. The highest BCUT2D eigenvalue weighted by atomic mass is 16.3. The Labute approximate surface area is 453 Å². The second-order valence-corrected chi connectivity index (χ2v) is 19.6. The molecule has 0 fully saturated rings. The number of hydrogen-bond acceptors (Lipinski definition) is 2. The largest absolute Gasteiger partial charge is 0.456 e. The van der Waals surface area contributed by atoms with Crippen molar-refractivity contribution in [3.63, 3.8) is 0 Å². The van der Waals surface area contributed by atoms with Crippen molar-refractivity contribution in [2.24, 2.45) is 0 Å². The SMILES string of the molecule is [B]C(=C)/C([B])=C(/[B])C([B])C1(C/C([B])=C([B])\C([B])=C(\[B])C#C)c2cc(N(c3cccc(-c4ccc5c(c4)oc4ccccc45)c3)c3ccc4c(c3)C(C)(C)c3ccccc3-4)c([B])c([B])c2-c2c([B])c([B])c([B])c([B])c21. The highest BCUT2D eigenvalue weighted by Crippen LogP contribution is 2.58. The Kier molecular flexibility index (Phi) is 12.9. The quantitative estimate of drug-likeness (QED) is 0.115. The molecular formula is C58H31B14NO. The fourth-order valence-electron chi connectivity index (χ4n) is 11.2. The van der Waals surface area contributed by atoms with E-state index in [1.807, 2.05) is 65.6 Å². The molecule has 2 aliphatic rings. The monoisotopic (exact) mass is 911 g/mol. The number of benzene rings is 7. The second-order valence-electron chi connectivity index (χ2n) is 19.6. The predicted octanol–water partition coefficient (Wildman–Crippen LogP) is 4.37. The lowest BCUT2D eigenvalue weighted by atomic mass is 9.47. The molecule has 1 heterocycles. The molecular weight excluding hydrogens is 878 g/mol. The predicted molar refractivity (Wildman–Crippen MR) is 323 cm³/mol. The molecule has 10 rings (SSSR count). The van der Waals surface area contributed by atoms with Crippen LogP contribution in [-0.2, 0) is 10.8 Å². The third-order valence-electron chi connectivity index (χ3n) is 15.2. The van der Waals surface area contributed by atoms with Crippen LogP contribution in [0.5, 0.6) is 0 Å². The van der Waals surface area contributed by atoms with Crippen molar-refractivity contribution < 1.29 is 4.42 Å². The minimum Gasteiger partial charge on any atom is -0.456 e. The number of para-hydroxylation sites is 1. The van der Waals surface area contributed by atoms with Crippen molar-refractivity contribution in [1.82, 2.24) is 0 Å². The molecule has 8 aromatic rings. The van der Waals surface area contributed by atoms with Crippen molar-refractivity contribution in [2.45, 2.75) is 36.9 Å². The van der Waals surface area contributed by atoms with E-state index in [-0.39, 0.29) is 88.6 Å². The van der Waals surface area contributed by atoms with E-state index >= 15 is 0 Å². The van der Waals surface area contributed by atoms with Crippen LogP contribution in [0.3, 0.4) is 0 Å². The van der Waals surface area contributed by atoms with E-state index in [1.165, 1.54) is 5.56 Å². The number of hydrogen-bond donors (Lipinski definition) is 0. The first-order chi connectivity index (χ1) is 35.1. The molecule has 74 heavy (non-hydrogen) atoms. The number of anilines is 3. The number of fused-ring (bicyclic) bond motifs is 9. The second kappa shape index (κ2) is 18.7. The van der Waals surface area contributed by atoms with Crippen molar-refractivity contribution in [3.05, 3.63) is 182 Å². The van der Waals surface area contributed by atoms with Gasteiger partial charge in [0.15, 0.2) is 0 Å². The van der Waals surface area contributed by atoms with Gasteiger partial charge < -0.3 is 9.32 Å². The van der Waals surface area contributed by atoms with Gasteiger partial charge in [0.1, 0.15) is 113 Å². The average molecular weight is 909 g/mol. The fraction of sp³-hybridized carbons (Fsp3) is 0.103. The van der Waals surface area contributed by atoms with Gasteiger partial charge in [-0.1, -0.05) is 120 Å². The Morgan fingerprint density at radius 3 is 1.96 bits per heavy atom. The summed E-state index contributed by atoms with van der Waals surface area (Å²) >= 11 is 0. The Morgan fingerprint density at radius 1 is 0.595 bits per heavy atom. The molecule has 0 N–H and O–H groups in total. The zero-order valence-corrected chi connectivity index (χ0v) is 41.0. The Hall–Kier alpha value is -6.43. The lowest BCUT2D eigenvalue weighted by molar-refractivity contribution is 0.535. The minimum atomic E-state index is -1.72. The zero-order valence-electron chi connectivity index (χ0n) is 41.0. The Bertz CT molecular complexity index is 3910. The van der Waals surface area contributed by atoms with Crippen LogP contribution in [0.1, 0.15) is 42.5 Å². The van der Waals surface area contributed by atoms with Crippen LogP contribution in [0.15, 0.2) is 165 Å². The molecule has 2 unspecified atom stereocenters. The van der Waals surface area contributed by atoms with Crippen molar-refractivity contribution >= 4 is 182 Å². The Morgan fingerprint density at radius 2 is 1.23 bits per heavy atom. The maximum Gasteiger partial charge on any atom is 0.136 e. The van der Waals surface area contributed by atoms with Gasteiger partial charge in [0.05, 0.1) is 7.85 Å². The normalized spacial score (nSPS) is 16.5. The van der Waals surface area contributed by atoms with Crippen molar-refractivity contribution in [3.8, 4) is 45.7 Å². The van der Waals surface area contributed by atoms with Gasteiger partial charge in [-0.05, 0) is 111 Å². The van der Waals surface area contributed by atoms with E-state index in [0.717, 1.165) is 55.4 Å². The number of terminal acetylenes is 1. The van der Waals surface area contributed by atoms with Crippen LogP contribution >= 0.6 is 0 Å². The minimum absolute atomic E-state index is 0.000223. The molecule has 0 aliphatic heterocycles. The first-order valence-corrected chi connectivity index (χ1v) is 23.6. The number of furan rings is 1. The summed E-state index contributed by atoms with van der Waals surface area (Å²) in [6, 6.07) is 38.9. The standard InChI is InChI=1S/C58H31B14NO/c1-5-38(60)47(63)48(64)39(61)25-58(56(72)55(71)46(62)26(2)59)37-24-40(49(65)50(66)43(37)44-45(58)52(68)54(70)53(69)51(44)67)73(30-18-20-32-31-13-6-8-15-35(31)57(3,4)36(32)23-30)29-12-10-11-27(21-29)28-17-19-34-33-14-7-9-16-41(33)74-42(34)22-28/h1,6-24,56H,2,25H2,3-4H3/b47-38-,48-39-,55-46-. The van der Waals surface area contributed by atoms with Crippen LogP contribution in [0.4, 0.5) is 17.1 Å². The van der Waals surface area contributed by atoms with Gasteiger partial charge in [-0.3, -0.25) is 0 Å². The van der Waals surface area contributed by atoms with Crippen molar-refractivity contribution in [2.75, 3.05) is 4.90 Å². The summed E-state index contributed by atoms with van der Waals surface area (Å²) in [5, 5.41) is 2.03. The maximum absolute atomic E-state index is 7.52. The van der Waals surface area contributed by atoms with Gasteiger partial charge in [-0.2, -0.15) is 0 Å². The molecule has 2 nitrogen and oxygen atoms in total. The van der Waals surface area contributed by atoms with Crippen LogP contribution in [0, 0.1) is 12.3 Å². The first kappa shape index (κ1) is 51.1. The summed E-state index contributed by atoms with van der Waals surface area (Å²) in [5.41, 5.74) is 8.46. The van der Waals surface area contributed by atoms with Crippen LogP contribution in [-0.4, -0.2) is 110 Å². The Balaban J connectivity index is 1.30. The molecule has 28 radical (unpaired) electrons. The molecule has 7 aromatic carbocycles. The third kappa shape index (κ3) is 7.69. The topological polar surface area (TPSA) is 16.4 Å². The van der Waals surface area contributed by atoms with Gasteiger partial charge in [-0.15, -0.1) is 56.8 Å². The lowest BCUT2D eigenvalue weighted by Gasteiger charge is -2.44. The fourth-order valence-corrected chi connectivity index (χ4v) is 11.2. The van der Waals surface area contributed by atoms with Crippen molar-refractivity contribution in [1.29, 1.82) is 0 Å². The summed E-state index contributed by atoms with van der Waals surface area (Å²) in [5.74, 6) is 0.948. The molecule has 316 valence electrons. The van der Waals surface area contributed by atoms with E-state index in [9.17, 15) is 0 Å². The molecule has 2 aliphatic carbocycles. The van der Waals surface area contributed by atoms with Gasteiger partial charge >= 0.3 is 0 Å². The summed E-state index contributed by atoms with van der Waals surface area (Å²) in [6.07, 6.45) is 5.37. The molecule has 0 bridgehead atoms. The number of nitrogens with zero attached hydrogens (tertiary/aromatic N) is 1. The smallest absolute Gasteiger partial charge is 0.136 e. The summed E-state index contributed by atoms with van der Waals surface area (Å²) in [7, 11) is 96.0. The zero-order chi connectivity index (χ0) is 53.0. The molecule has 16 heteroatoms. The van der Waals surface area contributed by atoms with E-state index in [0.29, 0.717) is 22.5 Å². The van der Waals surface area contributed by atoms with Gasteiger partial charge in [0.2, 0.25) is 0 Å².